The van der Waals surface area contributed by atoms with E-state index in [0.717, 1.165) is 23.2 Å². The molecule has 0 saturated carbocycles. The Morgan fingerprint density at radius 1 is 1.13 bits per heavy atom. The summed E-state index contributed by atoms with van der Waals surface area (Å²) in [6, 6.07) is 18.3. The molecule has 0 saturated heterocycles. The highest BCUT2D eigenvalue weighted by atomic mass is 16.5. The molecule has 116 valence electrons. The number of H-pyrrole nitrogens is 1. The number of hydrogen-bond donors (Lipinski definition) is 1. The Morgan fingerprint density at radius 2 is 1.87 bits per heavy atom. The van der Waals surface area contributed by atoms with Gasteiger partial charge in [0.05, 0.1) is 7.11 Å². The minimum absolute atomic E-state index is 0.139. The summed E-state index contributed by atoms with van der Waals surface area (Å²) in [5.41, 5.74) is 4.60. The molecule has 1 atom stereocenters. The summed E-state index contributed by atoms with van der Waals surface area (Å²) in [7, 11) is 1.44. The van der Waals surface area contributed by atoms with E-state index in [4.69, 9.17) is 4.74 Å². The zero-order valence-corrected chi connectivity index (χ0v) is 13.0. The molecule has 1 unspecified atom stereocenters. The van der Waals surface area contributed by atoms with Crippen LogP contribution in [0.4, 0.5) is 4.79 Å². The van der Waals surface area contributed by atoms with Crippen LogP contribution in [0.5, 0.6) is 0 Å². The fourth-order valence-corrected chi connectivity index (χ4v) is 3.54. The molecule has 0 fully saturated rings. The van der Waals surface area contributed by atoms with Gasteiger partial charge in [0.1, 0.15) is 6.04 Å². The zero-order chi connectivity index (χ0) is 15.8. The minimum Gasteiger partial charge on any atom is -0.453 e. The van der Waals surface area contributed by atoms with Gasteiger partial charge in [-0.25, -0.2) is 4.79 Å². The molecule has 0 radical (unpaired) electrons. The van der Waals surface area contributed by atoms with Crippen molar-refractivity contribution in [2.24, 2.45) is 0 Å². The van der Waals surface area contributed by atoms with Crippen LogP contribution in [0.3, 0.4) is 0 Å². The molecule has 0 aliphatic carbocycles. The van der Waals surface area contributed by atoms with Crippen LogP contribution in [0.1, 0.15) is 22.9 Å². The van der Waals surface area contributed by atoms with E-state index in [1.54, 1.807) is 4.90 Å². The van der Waals surface area contributed by atoms with Gasteiger partial charge in [0.2, 0.25) is 0 Å². The van der Waals surface area contributed by atoms with Crippen molar-refractivity contribution in [2.45, 2.75) is 12.5 Å². The number of nitrogens with zero attached hydrogens (tertiary/aromatic N) is 1. The van der Waals surface area contributed by atoms with Gasteiger partial charge in [-0.1, -0.05) is 48.5 Å². The fraction of sp³-hybridized carbons (Fsp3) is 0.211. The molecule has 4 heteroatoms. The summed E-state index contributed by atoms with van der Waals surface area (Å²) in [5, 5.41) is 1.24. The summed E-state index contributed by atoms with van der Waals surface area (Å²) in [5.74, 6) is 0. The first-order valence-corrected chi connectivity index (χ1v) is 7.78. The normalized spacial score (nSPS) is 17.1. The summed E-state index contributed by atoms with van der Waals surface area (Å²) in [6.45, 7) is 0.654. The van der Waals surface area contributed by atoms with Gasteiger partial charge in [-0.15, -0.1) is 0 Å². The van der Waals surface area contributed by atoms with Crippen molar-refractivity contribution in [1.82, 2.24) is 9.88 Å². The predicted molar refractivity (Wildman–Crippen MR) is 89.4 cm³/mol. The topological polar surface area (TPSA) is 45.3 Å². The van der Waals surface area contributed by atoms with Crippen LogP contribution in [-0.4, -0.2) is 29.6 Å². The zero-order valence-electron chi connectivity index (χ0n) is 13.0. The van der Waals surface area contributed by atoms with Crippen LogP contribution < -0.4 is 0 Å². The number of carbonyl (C=O) groups is 1. The van der Waals surface area contributed by atoms with Crippen LogP contribution in [0.2, 0.25) is 0 Å². The lowest BCUT2D eigenvalue weighted by molar-refractivity contribution is 0.108. The number of amides is 1. The molecule has 1 aromatic heterocycles. The first-order valence-electron chi connectivity index (χ1n) is 7.78. The van der Waals surface area contributed by atoms with Crippen molar-refractivity contribution >= 4 is 17.0 Å². The van der Waals surface area contributed by atoms with E-state index in [9.17, 15) is 4.79 Å². The number of methoxy groups -OCH3 is 1. The SMILES string of the molecule is COC(=O)N1CCc2c([nH]c3ccccc23)C1c1ccccc1. The molecule has 1 aliphatic heterocycles. The first kappa shape index (κ1) is 13.9. The van der Waals surface area contributed by atoms with Crippen molar-refractivity contribution in [3.05, 3.63) is 71.4 Å². The molecule has 4 nitrogen and oxygen atoms in total. The van der Waals surface area contributed by atoms with Crippen LogP contribution in [-0.2, 0) is 11.2 Å². The van der Waals surface area contributed by atoms with E-state index in [1.807, 2.05) is 24.3 Å². The second kappa shape index (κ2) is 5.47. The van der Waals surface area contributed by atoms with Crippen molar-refractivity contribution in [1.29, 1.82) is 0 Å². The second-order valence-corrected chi connectivity index (χ2v) is 5.79. The molecule has 4 rings (SSSR count). The Morgan fingerprint density at radius 3 is 2.65 bits per heavy atom. The average molecular weight is 306 g/mol. The maximum absolute atomic E-state index is 12.3. The summed E-state index contributed by atoms with van der Waals surface area (Å²) < 4.78 is 5.00. The second-order valence-electron chi connectivity index (χ2n) is 5.79. The maximum Gasteiger partial charge on any atom is 0.410 e. The number of aromatic nitrogens is 1. The number of benzene rings is 2. The molecule has 1 aliphatic rings. The van der Waals surface area contributed by atoms with Crippen molar-refractivity contribution in [2.75, 3.05) is 13.7 Å². The molecule has 0 bridgehead atoms. The molecule has 0 spiro atoms. The van der Waals surface area contributed by atoms with Crippen LogP contribution >= 0.6 is 0 Å². The third-order valence-corrected chi connectivity index (χ3v) is 4.56. The summed E-state index contributed by atoms with van der Waals surface area (Å²) in [6.07, 6.45) is 0.542. The Hall–Kier alpha value is -2.75. The number of hydrogen-bond acceptors (Lipinski definition) is 2. The van der Waals surface area contributed by atoms with Gasteiger partial charge in [0.25, 0.3) is 0 Å². The number of para-hydroxylation sites is 1. The third kappa shape index (κ3) is 2.18. The van der Waals surface area contributed by atoms with Crippen molar-refractivity contribution in [3.8, 4) is 0 Å². The Kier molecular flexibility index (Phi) is 3.30. The maximum atomic E-state index is 12.3. The number of fused-ring (bicyclic) bond motifs is 3. The molecular weight excluding hydrogens is 288 g/mol. The number of nitrogens with one attached hydrogen (secondary N) is 1. The minimum atomic E-state index is -0.289. The number of rotatable bonds is 1. The van der Waals surface area contributed by atoms with E-state index in [2.05, 4.69) is 35.3 Å². The number of ether oxygens (including phenoxy) is 1. The average Bonchev–Trinajstić information content (AvgIpc) is 2.99. The lowest BCUT2D eigenvalue weighted by atomic mass is 9.93. The molecule has 1 N–H and O–H groups in total. The molecule has 2 heterocycles. The highest BCUT2D eigenvalue weighted by molar-refractivity contribution is 5.86. The standard InChI is InChI=1S/C19H18N2O2/c1-23-19(22)21-12-11-15-14-9-5-6-10-16(14)20-17(15)18(21)13-7-3-2-4-8-13/h2-10,18,20H,11-12H2,1H3. The van der Waals surface area contributed by atoms with Crippen molar-refractivity contribution in [3.63, 3.8) is 0 Å². The van der Waals surface area contributed by atoms with E-state index < -0.39 is 0 Å². The van der Waals surface area contributed by atoms with Gasteiger partial charge in [-0.2, -0.15) is 0 Å². The highest BCUT2D eigenvalue weighted by Gasteiger charge is 2.34. The van der Waals surface area contributed by atoms with Crippen molar-refractivity contribution < 1.29 is 9.53 Å². The van der Waals surface area contributed by atoms with Crippen LogP contribution in [0.25, 0.3) is 10.9 Å². The summed E-state index contributed by atoms with van der Waals surface area (Å²) >= 11 is 0. The Labute approximate surface area is 134 Å². The summed E-state index contributed by atoms with van der Waals surface area (Å²) in [4.78, 5) is 17.6. The largest absolute Gasteiger partial charge is 0.453 e. The Balaban J connectivity index is 1.92. The third-order valence-electron chi connectivity index (χ3n) is 4.56. The Bertz CT molecular complexity index is 854. The van der Waals surface area contributed by atoms with Gasteiger partial charge < -0.3 is 9.72 Å². The molecule has 1 amide bonds. The van der Waals surface area contributed by atoms with Gasteiger partial charge in [-0.05, 0) is 23.6 Å². The lowest BCUT2D eigenvalue weighted by Gasteiger charge is -2.35. The highest BCUT2D eigenvalue weighted by Crippen LogP contribution is 2.38. The molecule has 2 aromatic carbocycles. The van der Waals surface area contributed by atoms with E-state index >= 15 is 0 Å². The molecule has 3 aromatic rings. The lowest BCUT2D eigenvalue weighted by Crippen LogP contribution is -2.40. The monoisotopic (exact) mass is 306 g/mol. The number of aromatic amines is 1. The van der Waals surface area contributed by atoms with Gasteiger partial charge in [0, 0.05) is 23.1 Å². The molecular formula is C19H18N2O2. The van der Waals surface area contributed by atoms with E-state index in [0.29, 0.717) is 6.54 Å². The van der Waals surface area contributed by atoms with Crippen LogP contribution in [0, 0.1) is 0 Å². The first-order chi connectivity index (χ1) is 11.3. The van der Waals surface area contributed by atoms with Gasteiger partial charge >= 0.3 is 6.09 Å². The predicted octanol–water partition coefficient (Wildman–Crippen LogP) is 3.88. The fourth-order valence-electron chi connectivity index (χ4n) is 3.54. The smallest absolute Gasteiger partial charge is 0.410 e. The number of carbonyl (C=O) groups excluding carboxylic acids is 1. The van der Waals surface area contributed by atoms with E-state index in [1.165, 1.54) is 18.1 Å². The quantitative estimate of drug-likeness (QED) is 0.741. The van der Waals surface area contributed by atoms with E-state index in [-0.39, 0.29) is 12.1 Å². The van der Waals surface area contributed by atoms with Gasteiger partial charge in [0.15, 0.2) is 0 Å². The van der Waals surface area contributed by atoms with Crippen LogP contribution in [0.15, 0.2) is 54.6 Å². The molecule has 23 heavy (non-hydrogen) atoms. The van der Waals surface area contributed by atoms with Gasteiger partial charge in [-0.3, -0.25) is 4.90 Å².